The summed E-state index contributed by atoms with van der Waals surface area (Å²) in [6.07, 6.45) is 3.63. The first-order chi connectivity index (χ1) is 8.77. The minimum atomic E-state index is -0.577. The average Bonchev–Trinajstić information content (AvgIpc) is 2.77. The van der Waals surface area contributed by atoms with Crippen LogP contribution in [0.2, 0.25) is 0 Å². The molecule has 3 nitrogen and oxygen atoms in total. The third-order valence-corrected chi connectivity index (χ3v) is 3.29. The van der Waals surface area contributed by atoms with Crippen LogP contribution < -0.4 is 0 Å². The van der Waals surface area contributed by atoms with E-state index in [1.165, 1.54) is 6.20 Å². The Labute approximate surface area is 104 Å². The van der Waals surface area contributed by atoms with Crippen LogP contribution in [0.15, 0.2) is 48.8 Å². The van der Waals surface area contributed by atoms with Gasteiger partial charge in [-0.05, 0) is 24.1 Å². The Kier molecular flexibility index (Phi) is 2.52. The molecule has 0 aliphatic heterocycles. The van der Waals surface area contributed by atoms with Gasteiger partial charge in [0.2, 0.25) is 0 Å². The van der Waals surface area contributed by atoms with Crippen molar-refractivity contribution in [2.45, 2.75) is 6.42 Å². The molecule has 3 heteroatoms. The molecular formula is C15H11NO2. The fraction of sp³-hybridized carbons (Fsp3) is 0.133. The fourth-order valence-electron chi connectivity index (χ4n) is 2.36. The maximum Gasteiger partial charge on any atom is 0.175 e. The summed E-state index contributed by atoms with van der Waals surface area (Å²) in [6, 6.07) is 10.8. The van der Waals surface area contributed by atoms with Crippen LogP contribution in [0, 0.1) is 5.92 Å². The second-order valence-electron chi connectivity index (χ2n) is 4.38. The maximum atomic E-state index is 12.3. The Morgan fingerprint density at radius 3 is 2.72 bits per heavy atom. The Morgan fingerprint density at radius 1 is 1.17 bits per heavy atom. The Hall–Kier alpha value is -2.29. The zero-order chi connectivity index (χ0) is 12.5. The molecule has 0 unspecified atom stereocenters. The third-order valence-electron chi connectivity index (χ3n) is 3.29. The zero-order valence-corrected chi connectivity index (χ0v) is 9.67. The summed E-state index contributed by atoms with van der Waals surface area (Å²) in [5.74, 6) is -0.782. The molecular weight excluding hydrogens is 226 g/mol. The second-order valence-corrected chi connectivity index (χ2v) is 4.38. The van der Waals surface area contributed by atoms with Gasteiger partial charge in [-0.1, -0.05) is 24.3 Å². The van der Waals surface area contributed by atoms with Gasteiger partial charge >= 0.3 is 0 Å². The van der Waals surface area contributed by atoms with Crippen LogP contribution in [-0.4, -0.2) is 16.6 Å². The first-order valence-electron chi connectivity index (χ1n) is 5.84. The van der Waals surface area contributed by atoms with Crippen LogP contribution in [0.3, 0.4) is 0 Å². The van der Waals surface area contributed by atoms with Gasteiger partial charge in [0.1, 0.15) is 0 Å². The van der Waals surface area contributed by atoms with Crippen molar-refractivity contribution in [3.63, 3.8) is 0 Å². The summed E-state index contributed by atoms with van der Waals surface area (Å²) >= 11 is 0. The maximum absolute atomic E-state index is 12.3. The van der Waals surface area contributed by atoms with Crippen LogP contribution >= 0.6 is 0 Å². The van der Waals surface area contributed by atoms with Crippen molar-refractivity contribution in [1.29, 1.82) is 0 Å². The summed E-state index contributed by atoms with van der Waals surface area (Å²) in [4.78, 5) is 28.4. The molecule has 0 amide bonds. The molecule has 1 heterocycles. The van der Waals surface area contributed by atoms with E-state index in [2.05, 4.69) is 4.98 Å². The van der Waals surface area contributed by atoms with Gasteiger partial charge in [0, 0.05) is 23.5 Å². The molecule has 2 aromatic rings. The van der Waals surface area contributed by atoms with Crippen LogP contribution in [0.25, 0.3) is 0 Å². The van der Waals surface area contributed by atoms with Crippen molar-refractivity contribution in [3.8, 4) is 0 Å². The van der Waals surface area contributed by atoms with Gasteiger partial charge in [-0.15, -0.1) is 0 Å². The van der Waals surface area contributed by atoms with E-state index >= 15 is 0 Å². The summed E-state index contributed by atoms with van der Waals surface area (Å²) in [6.45, 7) is 0. The third kappa shape index (κ3) is 1.64. The van der Waals surface area contributed by atoms with Gasteiger partial charge in [-0.25, -0.2) is 0 Å². The van der Waals surface area contributed by atoms with Crippen molar-refractivity contribution >= 4 is 11.6 Å². The molecule has 0 spiro atoms. The van der Waals surface area contributed by atoms with Gasteiger partial charge in [0.15, 0.2) is 11.6 Å². The quantitative estimate of drug-likeness (QED) is 0.595. The van der Waals surface area contributed by atoms with Crippen molar-refractivity contribution < 1.29 is 9.59 Å². The summed E-state index contributed by atoms with van der Waals surface area (Å²) < 4.78 is 0. The number of aromatic nitrogens is 1. The number of carbonyl (C=O) groups is 2. The number of carbonyl (C=O) groups excluding carboxylic acids is 2. The van der Waals surface area contributed by atoms with E-state index < -0.39 is 5.92 Å². The number of hydrogen-bond acceptors (Lipinski definition) is 3. The predicted octanol–water partition coefficient (Wildman–Crippen LogP) is 2.32. The number of benzene rings is 1. The number of nitrogens with zero attached hydrogens (tertiary/aromatic N) is 1. The molecule has 88 valence electrons. The topological polar surface area (TPSA) is 47.0 Å². The standard InChI is InChI=1S/C15H11NO2/c17-14(11-5-3-7-16-9-11)13-8-10-4-1-2-6-12(10)15(13)18/h1-7,9,13H,8H2/t13-/m1/s1. The number of ketones is 2. The van der Waals surface area contributed by atoms with E-state index in [-0.39, 0.29) is 11.6 Å². The molecule has 1 atom stereocenters. The van der Waals surface area contributed by atoms with Crippen LogP contribution in [0.4, 0.5) is 0 Å². The fourth-order valence-corrected chi connectivity index (χ4v) is 2.36. The normalized spacial score (nSPS) is 17.6. The number of fused-ring (bicyclic) bond motifs is 1. The zero-order valence-electron chi connectivity index (χ0n) is 9.67. The smallest absolute Gasteiger partial charge is 0.175 e. The minimum Gasteiger partial charge on any atom is -0.293 e. The SMILES string of the molecule is O=C(c1cccnc1)[C@H]1Cc2ccccc2C1=O. The lowest BCUT2D eigenvalue weighted by Gasteiger charge is -2.05. The Morgan fingerprint density at radius 2 is 2.00 bits per heavy atom. The van der Waals surface area contributed by atoms with Gasteiger partial charge in [0.05, 0.1) is 5.92 Å². The van der Waals surface area contributed by atoms with E-state index in [4.69, 9.17) is 0 Å². The predicted molar refractivity (Wildman–Crippen MR) is 66.5 cm³/mol. The second kappa shape index (κ2) is 4.18. The van der Waals surface area contributed by atoms with Crippen LogP contribution in [-0.2, 0) is 6.42 Å². The Bertz CT molecular complexity index is 619. The van der Waals surface area contributed by atoms with Crippen molar-refractivity contribution in [1.82, 2.24) is 4.98 Å². The van der Waals surface area contributed by atoms with Crippen LogP contribution in [0.5, 0.6) is 0 Å². The molecule has 1 aromatic heterocycles. The lowest BCUT2D eigenvalue weighted by molar-refractivity contribution is 0.0822. The molecule has 0 N–H and O–H groups in total. The van der Waals surface area contributed by atoms with Crippen molar-refractivity contribution in [3.05, 3.63) is 65.5 Å². The van der Waals surface area contributed by atoms with E-state index in [0.29, 0.717) is 17.5 Å². The number of rotatable bonds is 2. The highest BCUT2D eigenvalue weighted by molar-refractivity contribution is 6.18. The monoisotopic (exact) mass is 237 g/mol. The van der Waals surface area contributed by atoms with E-state index in [1.54, 1.807) is 24.4 Å². The van der Waals surface area contributed by atoms with Crippen LogP contribution in [0.1, 0.15) is 26.3 Å². The average molecular weight is 237 g/mol. The molecule has 0 saturated heterocycles. The number of pyridine rings is 1. The lowest BCUT2D eigenvalue weighted by Crippen LogP contribution is -2.20. The van der Waals surface area contributed by atoms with Gasteiger partial charge in [0.25, 0.3) is 0 Å². The van der Waals surface area contributed by atoms with Gasteiger partial charge in [-0.3, -0.25) is 14.6 Å². The molecule has 0 saturated carbocycles. The van der Waals surface area contributed by atoms with E-state index in [1.807, 2.05) is 18.2 Å². The van der Waals surface area contributed by atoms with Gasteiger partial charge in [-0.2, -0.15) is 0 Å². The summed E-state index contributed by atoms with van der Waals surface area (Å²) in [5.41, 5.74) is 2.15. The summed E-state index contributed by atoms with van der Waals surface area (Å²) in [5, 5.41) is 0. The first kappa shape index (κ1) is 10.8. The minimum absolute atomic E-state index is 0.0700. The highest BCUT2D eigenvalue weighted by atomic mass is 16.2. The largest absolute Gasteiger partial charge is 0.293 e. The molecule has 0 radical (unpaired) electrons. The van der Waals surface area contributed by atoms with Crippen molar-refractivity contribution in [2.24, 2.45) is 5.92 Å². The van der Waals surface area contributed by atoms with E-state index in [9.17, 15) is 9.59 Å². The molecule has 1 aliphatic carbocycles. The van der Waals surface area contributed by atoms with Crippen molar-refractivity contribution in [2.75, 3.05) is 0 Å². The number of hydrogen-bond donors (Lipinski definition) is 0. The molecule has 1 aromatic carbocycles. The van der Waals surface area contributed by atoms with Gasteiger partial charge < -0.3 is 0 Å². The Balaban J connectivity index is 1.94. The molecule has 0 bridgehead atoms. The first-order valence-corrected chi connectivity index (χ1v) is 5.84. The molecule has 0 fully saturated rings. The lowest BCUT2D eigenvalue weighted by atomic mass is 9.95. The number of Topliss-reactive ketones (excluding diaryl/α,β-unsaturated/α-hetero) is 2. The van der Waals surface area contributed by atoms with E-state index in [0.717, 1.165) is 5.56 Å². The molecule has 18 heavy (non-hydrogen) atoms. The summed E-state index contributed by atoms with van der Waals surface area (Å²) in [7, 11) is 0. The molecule has 1 aliphatic rings. The molecule has 3 rings (SSSR count). The highest BCUT2D eigenvalue weighted by Crippen LogP contribution is 2.28. The highest BCUT2D eigenvalue weighted by Gasteiger charge is 2.35.